The summed E-state index contributed by atoms with van der Waals surface area (Å²) in [6.45, 7) is 2.03. The van der Waals surface area contributed by atoms with Crippen molar-refractivity contribution in [3.8, 4) is 0 Å². The molecule has 9 nitrogen and oxygen atoms in total. The first-order valence-corrected chi connectivity index (χ1v) is 8.32. The van der Waals surface area contributed by atoms with E-state index in [4.69, 9.17) is 16.0 Å². The molecule has 0 aliphatic rings. The van der Waals surface area contributed by atoms with Crippen LogP contribution in [0.2, 0.25) is 5.28 Å². The summed E-state index contributed by atoms with van der Waals surface area (Å²) >= 11 is 5.87. The van der Waals surface area contributed by atoms with Gasteiger partial charge in [0.1, 0.15) is 6.20 Å². The summed E-state index contributed by atoms with van der Waals surface area (Å²) < 4.78 is 8.02. The van der Waals surface area contributed by atoms with Crippen LogP contribution in [0.1, 0.15) is 19.8 Å². The molecule has 0 radical (unpaired) electrons. The van der Waals surface area contributed by atoms with E-state index in [0.29, 0.717) is 30.5 Å². The zero-order valence-electron chi connectivity index (χ0n) is 14.0. The van der Waals surface area contributed by atoms with E-state index in [9.17, 15) is 20.0 Å². The molecule has 1 unspecified atom stereocenters. The molecule has 3 aromatic rings. The number of hydrogen-bond acceptors (Lipinski definition) is 6. The van der Waals surface area contributed by atoms with E-state index in [1.165, 1.54) is 15.3 Å². The van der Waals surface area contributed by atoms with Crippen LogP contribution >= 0.6 is 11.6 Å². The van der Waals surface area contributed by atoms with Gasteiger partial charge in [-0.2, -0.15) is 0 Å². The standard InChI is InChI=1S/C16H17ClN4O5/c1-16(23,10-19-9-13(21(24)25)18-14(19)17)7-4-8-20-11-5-2-3-6-12(11)26-15(20)22/h2-3,5-6,9,23H,4,7-8,10H2,1H3. The SMILES string of the molecule is CC(O)(CCCn1c(=O)oc2ccccc21)Cn1cc([N+](=O)[O-])nc1Cl. The highest BCUT2D eigenvalue weighted by atomic mass is 35.5. The lowest BCUT2D eigenvalue weighted by Crippen LogP contribution is -2.31. The maximum atomic E-state index is 11.9. The van der Waals surface area contributed by atoms with Crippen molar-refractivity contribution in [1.82, 2.24) is 14.1 Å². The van der Waals surface area contributed by atoms with Crippen LogP contribution in [0.3, 0.4) is 0 Å². The van der Waals surface area contributed by atoms with E-state index in [-0.39, 0.29) is 17.6 Å². The van der Waals surface area contributed by atoms with Gasteiger partial charge in [-0.3, -0.25) is 9.13 Å². The molecule has 0 saturated carbocycles. The van der Waals surface area contributed by atoms with Gasteiger partial charge in [0.2, 0.25) is 0 Å². The molecule has 1 atom stereocenters. The summed E-state index contributed by atoms with van der Waals surface area (Å²) in [7, 11) is 0. The highest BCUT2D eigenvalue weighted by Gasteiger charge is 2.26. The molecule has 26 heavy (non-hydrogen) atoms. The van der Waals surface area contributed by atoms with Crippen LogP contribution in [0.15, 0.2) is 39.7 Å². The third kappa shape index (κ3) is 3.78. The summed E-state index contributed by atoms with van der Waals surface area (Å²) in [5.41, 5.74) is 0.0358. The molecular weight excluding hydrogens is 364 g/mol. The molecule has 0 aliphatic carbocycles. The number of oxazole rings is 1. The molecule has 2 aromatic heterocycles. The van der Waals surface area contributed by atoms with Crippen molar-refractivity contribution in [2.24, 2.45) is 0 Å². The molecule has 3 rings (SSSR count). The van der Waals surface area contributed by atoms with Gasteiger partial charge in [0.05, 0.1) is 17.7 Å². The summed E-state index contributed by atoms with van der Waals surface area (Å²) in [5, 5.41) is 21.2. The van der Waals surface area contributed by atoms with Crippen LogP contribution in [0.25, 0.3) is 11.1 Å². The predicted molar refractivity (Wildman–Crippen MR) is 94.2 cm³/mol. The molecule has 0 fully saturated rings. The fourth-order valence-electron chi connectivity index (χ4n) is 2.87. The lowest BCUT2D eigenvalue weighted by molar-refractivity contribution is -0.389. The Morgan fingerprint density at radius 3 is 2.85 bits per heavy atom. The number of rotatable bonds is 7. The van der Waals surface area contributed by atoms with Crippen molar-refractivity contribution in [2.45, 2.75) is 38.5 Å². The Morgan fingerprint density at radius 2 is 2.15 bits per heavy atom. The van der Waals surface area contributed by atoms with Gasteiger partial charge in [-0.05, 0) is 53.4 Å². The average Bonchev–Trinajstić information content (AvgIpc) is 3.08. The minimum atomic E-state index is -1.18. The van der Waals surface area contributed by atoms with E-state index >= 15 is 0 Å². The predicted octanol–water partition coefficient (Wildman–Crippen LogP) is 2.58. The lowest BCUT2D eigenvalue weighted by Gasteiger charge is -2.23. The first kappa shape index (κ1) is 18.2. The highest BCUT2D eigenvalue weighted by molar-refractivity contribution is 6.28. The van der Waals surface area contributed by atoms with Gasteiger partial charge in [-0.15, -0.1) is 0 Å². The number of para-hydroxylation sites is 2. The molecule has 1 aromatic carbocycles. The number of hydrogen-bond donors (Lipinski definition) is 1. The third-order valence-corrected chi connectivity index (χ3v) is 4.39. The highest BCUT2D eigenvalue weighted by Crippen LogP contribution is 2.22. The van der Waals surface area contributed by atoms with Gasteiger partial charge in [0.25, 0.3) is 0 Å². The van der Waals surface area contributed by atoms with Crippen LogP contribution in [0, 0.1) is 10.1 Å². The number of nitro groups is 1. The Balaban J connectivity index is 1.66. The number of aryl methyl sites for hydroxylation is 1. The Labute approximate surface area is 152 Å². The van der Waals surface area contributed by atoms with E-state index < -0.39 is 16.3 Å². The van der Waals surface area contributed by atoms with Gasteiger partial charge in [0, 0.05) is 6.54 Å². The molecule has 0 spiro atoms. The molecule has 2 heterocycles. The van der Waals surface area contributed by atoms with Gasteiger partial charge in [-0.1, -0.05) is 12.1 Å². The molecule has 0 amide bonds. The van der Waals surface area contributed by atoms with Gasteiger partial charge >= 0.3 is 16.9 Å². The first-order chi connectivity index (χ1) is 12.3. The number of benzene rings is 1. The fourth-order valence-corrected chi connectivity index (χ4v) is 3.06. The lowest BCUT2D eigenvalue weighted by atomic mass is 10.00. The van der Waals surface area contributed by atoms with Gasteiger partial charge in [-0.25, -0.2) is 4.79 Å². The van der Waals surface area contributed by atoms with Crippen LogP contribution in [0.4, 0.5) is 5.82 Å². The molecule has 10 heteroatoms. The number of aliphatic hydroxyl groups is 1. The summed E-state index contributed by atoms with van der Waals surface area (Å²) in [4.78, 5) is 25.7. The van der Waals surface area contributed by atoms with Crippen LogP contribution in [-0.4, -0.2) is 29.7 Å². The summed E-state index contributed by atoms with van der Waals surface area (Å²) in [5.74, 6) is -0.818. The van der Waals surface area contributed by atoms with E-state index in [2.05, 4.69) is 4.98 Å². The topological polar surface area (TPSA) is 116 Å². The molecule has 0 aliphatic heterocycles. The van der Waals surface area contributed by atoms with Crippen molar-refractivity contribution in [3.63, 3.8) is 0 Å². The largest absolute Gasteiger partial charge is 0.419 e. The Morgan fingerprint density at radius 1 is 1.42 bits per heavy atom. The maximum absolute atomic E-state index is 11.9. The van der Waals surface area contributed by atoms with Crippen molar-refractivity contribution < 1.29 is 14.4 Å². The van der Waals surface area contributed by atoms with Crippen LogP contribution in [-0.2, 0) is 13.1 Å². The zero-order valence-corrected chi connectivity index (χ0v) is 14.7. The van der Waals surface area contributed by atoms with E-state index in [0.717, 1.165) is 0 Å². The minimum absolute atomic E-state index is 0.0493. The smallest absolute Gasteiger partial charge is 0.408 e. The number of imidazole rings is 1. The number of nitrogens with zero attached hydrogens (tertiary/aromatic N) is 4. The van der Waals surface area contributed by atoms with Crippen molar-refractivity contribution in [2.75, 3.05) is 0 Å². The minimum Gasteiger partial charge on any atom is -0.408 e. The van der Waals surface area contributed by atoms with Crippen LogP contribution < -0.4 is 5.76 Å². The monoisotopic (exact) mass is 380 g/mol. The molecule has 138 valence electrons. The Kier molecular flexibility index (Phi) is 4.84. The fraction of sp³-hybridized carbons (Fsp3) is 0.375. The average molecular weight is 381 g/mol. The number of fused-ring (bicyclic) bond motifs is 1. The second-order valence-electron chi connectivity index (χ2n) is 6.34. The summed E-state index contributed by atoms with van der Waals surface area (Å²) in [6.07, 6.45) is 2.04. The van der Waals surface area contributed by atoms with E-state index in [1.54, 1.807) is 25.1 Å². The first-order valence-electron chi connectivity index (χ1n) is 7.95. The van der Waals surface area contributed by atoms with Gasteiger partial charge in [0.15, 0.2) is 5.58 Å². The summed E-state index contributed by atoms with van der Waals surface area (Å²) in [6, 6.07) is 7.12. The Bertz CT molecular complexity index is 1000. The number of halogens is 1. The molecule has 0 bridgehead atoms. The Hall–Kier alpha value is -2.65. The molecule has 0 saturated heterocycles. The number of aromatic nitrogens is 3. The molecule has 1 N–H and O–H groups in total. The second-order valence-corrected chi connectivity index (χ2v) is 6.68. The second kappa shape index (κ2) is 6.93. The van der Waals surface area contributed by atoms with Crippen molar-refractivity contribution in [1.29, 1.82) is 0 Å². The van der Waals surface area contributed by atoms with E-state index in [1.807, 2.05) is 6.07 Å². The third-order valence-electron chi connectivity index (χ3n) is 4.08. The maximum Gasteiger partial charge on any atom is 0.419 e. The molecular formula is C16H17ClN4O5. The zero-order chi connectivity index (χ0) is 18.9. The normalized spacial score (nSPS) is 13.8. The quantitative estimate of drug-likeness (QED) is 0.497. The van der Waals surface area contributed by atoms with Crippen LogP contribution in [0.5, 0.6) is 0 Å². The van der Waals surface area contributed by atoms with Gasteiger partial charge < -0.3 is 19.6 Å². The van der Waals surface area contributed by atoms with Crippen molar-refractivity contribution >= 4 is 28.5 Å². The van der Waals surface area contributed by atoms with Crippen molar-refractivity contribution in [3.05, 3.63) is 56.4 Å².